The number of carbonyl (C=O) groups excluding carboxylic acids is 1. The molecular weight excluding hydrogens is 254 g/mol. The number of amides is 1. The summed E-state index contributed by atoms with van der Waals surface area (Å²) in [6, 6.07) is 1.94. The molecule has 1 saturated carbocycles. The van der Waals surface area contributed by atoms with Crippen LogP contribution >= 0.6 is 0 Å². The minimum Gasteiger partial charge on any atom is -0.396 e. The normalized spacial score (nSPS) is 23.1. The van der Waals surface area contributed by atoms with Crippen molar-refractivity contribution < 1.29 is 9.90 Å². The molecular formula is C15H25N3O2. The van der Waals surface area contributed by atoms with Crippen LogP contribution in [0.3, 0.4) is 0 Å². The van der Waals surface area contributed by atoms with Crippen molar-refractivity contribution in [3.05, 3.63) is 17.5 Å². The molecule has 0 spiro atoms. The van der Waals surface area contributed by atoms with E-state index in [0.29, 0.717) is 11.6 Å². The van der Waals surface area contributed by atoms with Gasteiger partial charge in [-0.15, -0.1) is 0 Å². The van der Waals surface area contributed by atoms with Crippen LogP contribution in [0.2, 0.25) is 0 Å². The van der Waals surface area contributed by atoms with Crippen molar-refractivity contribution in [2.45, 2.75) is 51.5 Å². The van der Waals surface area contributed by atoms with Crippen LogP contribution in [-0.2, 0) is 7.05 Å². The molecule has 0 radical (unpaired) electrons. The number of rotatable bonds is 4. The van der Waals surface area contributed by atoms with Crippen molar-refractivity contribution in [2.24, 2.45) is 13.0 Å². The Labute approximate surface area is 120 Å². The average molecular weight is 279 g/mol. The van der Waals surface area contributed by atoms with Crippen LogP contribution in [-0.4, -0.2) is 33.4 Å². The van der Waals surface area contributed by atoms with E-state index >= 15 is 0 Å². The Hall–Kier alpha value is -1.36. The van der Waals surface area contributed by atoms with E-state index in [1.165, 1.54) is 0 Å². The van der Waals surface area contributed by atoms with E-state index in [9.17, 15) is 9.90 Å². The minimum atomic E-state index is -0.0859. The fraction of sp³-hybridized carbons (Fsp3) is 0.733. The molecule has 1 aromatic rings. The topological polar surface area (TPSA) is 67.2 Å². The Balaban J connectivity index is 2.07. The van der Waals surface area contributed by atoms with Crippen LogP contribution in [0.25, 0.3) is 0 Å². The Morgan fingerprint density at radius 1 is 1.50 bits per heavy atom. The third-order valence-electron chi connectivity index (χ3n) is 4.18. The van der Waals surface area contributed by atoms with Gasteiger partial charge in [-0.25, -0.2) is 0 Å². The van der Waals surface area contributed by atoms with E-state index in [1.807, 2.05) is 6.07 Å². The van der Waals surface area contributed by atoms with Gasteiger partial charge in [0.05, 0.1) is 5.69 Å². The largest absolute Gasteiger partial charge is 0.396 e. The predicted octanol–water partition coefficient (Wildman–Crippen LogP) is 1.82. The first-order chi connectivity index (χ1) is 9.52. The monoisotopic (exact) mass is 279 g/mol. The number of nitrogens with zero attached hydrogens (tertiary/aromatic N) is 2. The van der Waals surface area contributed by atoms with Gasteiger partial charge in [0.2, 0.25) is 0 Å². The zero-order chi connectivity index (χ0) is 14.7. The summed E-state index contributed by atoms with van der Waals surface area (Å²) in [5.74, 6) is 0.408. The highest BCUT2D eigenvalue weighted by atomic mass is 16.3. The van der Waals surface area contributed by atoms with E-state index < -0.39 is 0 Å². The molecule has 1 fully saturated rings. The number of aromatic nitrogens is 2. The van der Waals surface area contributed by atoms with Crippen molar-refractivity contribution in [3.8, 4) is 0 Å². The van der Waals surface area contributed by atoms with Crippen molar-refractivity contribution in [1.29, 1.82) is 0 Å². The first-order valence-corrected chi connectivity index (χ1v) is 7.48. The summed E-state index contributed by atoms with van der Waals surface area (Å²) in [6.45, 7) is 4.27. The standard InChI is InChI=1S/C15H25N3O2/c1-10(2)13-8-14(18(3)17-13)15(20)16-12-7-5-4-6-11(12)9-19/h8,10-12,19H,4-7,9H2,1-3H3,(H,16,20). The molecule has 5 nitrogen and oxygen atoms in total. The maximum absolute atomic E-state index is 12.4. The SMILES string of the molecule is CC(C)c1cc(C(=O)NC2CCCCC2CO)n(C)n1. The lowest BCUT2D eigenvalue weighted by atomic mass is 9.85. The van der Waals surface area contributed by atoms with E-state index in [4.69, 9.17) is 0 Å². The van der Waals surface area contributed by atoms with Crippen LogP contribution in [0.1, 0.15) is 61.6 Å². The highest BCUT2D eigenvalue weighted by molar-refractivity contribution is 5.92. The predicted molar refractivity (Wildman–Crippen MR) is 77.6 cm³/mol. The Morgan fingerprint density at radius 3 is 2.80 bits per heavy atom. The molecule has 1 aliphatic carbocycles. The van der Waals surface area contributed by atoms with Gasteiger partial charge in [0.1, 0.15) is 5.69 Å². The number of carbonyl (C=O) groups is 1. The van der Waals surface area contributed by atoms with Crippen molar-refractivity contribution in [2.75, 3.05) is 6.61 Å². The van der Waals surface area contributed by atoms with Crippen LogP contribution in [0.5, 0.6) is 0 Å². The highest BCUT2D eigenvalue weighted by Gasteiger charge is 2.27. The van der Waals surface area contributed by atoms with E-state index in [0.717, 1.165) is 31.4 Å². The number of aliphatic hydroxyl groups excluding tert-OH is 1. The maximum Gasteiger partial charge on any atom is 0.269 e. The Morgan fingerprint density at radius 2 is 2.20 bits per heavy atom. The molecule has 0 saturated heterocycles. The van der Waals surface area contributed by atoms with Crippen molar-refractivity contribution in [1.82, 2.24) is 15.1 Å². The third kappa shape index (κ3) is 3.20. The van der Waals surface area contributed by atoms with Gasteiger partial charge in [0, 0.05) is 25.6 Å². The number of aryl methyl sites for hydroxylation is 1. The van der Waals surface area contributed by atoms with E-state index in [-0.39, 0.29) is 24.5 Å². The molecule has 5 heteroatoms. The van der Waals surface area contributed by atoms with Gasteiger partial charge < -0.3 is 10.4 Å². The molecule has 2 unspecified atom stereocenters. The van der Waals surface area contributed by atoms with Crippen LogP contribution in [0.4, 0.5) is 0 Å². The summed E-state index contributed by atoms with van der Waals surface area (Å²) < 4.78 is 1.64. The number of hydrogen-bond donors (Lipinski definition) is 2. The van der Waals surface area contributed by atoms with Crippen molar-refractivity contribution >= 4 is 5.91 Å². The Bertz CT molecular complexity index is 468. The fourth-order valence-electron chi connectivity index (χ4n) is 2.84. The summed E-state index contributed by atoms with van der Waals surface area (Å²) in [5.41, 5.74) is 1.52. The number of nitrogens with one attached hydrogen (secondary N) is 1. The molecule has 1 aliphatic rings. The lowest BCUT2D eigenvalue weighted by Gasteiger charge is -2.30. The second-order valence-electron chi connectivity index (χ2n) is 6.04. The summed E-state index contributed by atoms with van der Waals surface area (Å²) in [4.78, 5) is 12.4. The van der Waals surface area contributed by atoms with E-state index in [1.54, 1.807) is 11.7 Å². The van der Waals surface area contributed by atoms with Gasteiger partial charge in [-0.1, -0.05) is 26.7 Å². The molecule has 2 rings (SSSR count). The molecule has 0 bridgehead atoms. The van der Waals surface area contributed by atoms with E-state index in [2.05, 4.69) is 24.3 Å². The van der Waals surface area contributed by atoms with Crippen LogP contribution in [0.15, 0.2) is 6.07 Å². The third-order valence-corrected chi connectivity index (χ3v) is 4.18. The van der Waals surface area contributed by atoms with Gasteiger partial charge in [-0.3, -0.25) is 9.48 Å². The minimum absolute atomic E-state index is 0.0821. The second kappa shape index (κ2) is 6.39. The first kappa shape index (κ1) is 15.0. The zero-order valence-corrected chi connectivity index (χ0v) is 12.6. The molecule has 2 N–H and O–H groups in total. The smallest absolute Gasteiger partial charge is 0.269 e. The summed E-state index contributed by atoms with van der Waals surface area (Å²) in [7, 11) is 1.80. The van der Waals surface area contributed by atoms with Gasteiger partial charge in [-0.05, 0) is 24.8 Å². The van der Waals surface area contributed by atoms with Crippen LogP contribution in [0, 0.1) is 5.92 Å². The average Bonchev–Trinajstić information content (AvgIpc) is 2.82. The lowest BCUT2D eigenvalue weighted by molar-refractivity contribution is 0.0863. The Kier molecular flexibility index (Phi) is 4.81. The first-order valence-electron chi connectivity index (χ1n) is 7.48. The maximum atomic E-state index is 12.4. The molecule has 2 atom stereocenters. The summed E-state index contributed by atoms with van der Waals surface area (Å²) in [5, 5.41) is 16.8. The van der Waals surface area contributed by atoms with Gasteiger partial charge in [0.15, 0.2) is 0 Å². The van der Waals surface area contributed by atoms with Gasteiger partial charge >= 0.3 is 0 Å². The fourth-order valence-corrected chi connectivity index (χ4v) is 2.84. The molecule has 0 aromatic carbocycles. The van der Waals surface area contributed by atoms with Gasteiger partial charge in [-0.2, -0.15) is 5.10 Å². The molecule has 20 heavy (non-hydrogen) atoms. The molecule has 112 valence electrons. The molecule has 1 heterocycles. The van der Waals surface area contributed by atoms with Crippen LogP contribution < -0.4 is 5.32 Å². The quantitative estimate of drug-likeness (QED) is 0.883. The summed E-state index contributed by atoms with van der Waals surface area (Å²) >= 11 is 0. The van der Waals surface area contributed by atoms with Gasteiger partial charge in [0.25, 0.3) is 5.91 Å². The lowest BCUT2D eigenvalue weighted by Crippen LogP contribution is -2.43. The zero-order valence-electron chi connectivity index (χ0n) is 12.6. The second-order valence-corrected chi connectivity index (χ2v) is 6.04. The molecule has 0 aliphatic heterocycles. The molecule has 1 aromatic heterocycles. The van der Waals surface area contributed by atoms with Crippen molar-refractivity contribution in [3.63, 3.8) is 0 Å². The number of aliphatic hydroxyl groups is 1. The molecule has 1 amide bonds. The summed E-state index contributed by atoms with van der Waals surface area (Å²) in [6.07, 6.45) is 4.20. The highest BCUT2D eigenvalue weighted by Crippen LogP contribution is 2.24. The number of hydrogen-bond acceptors (Lipinski definition) is 3.